The third-order valence-corrected chi connectivity index (χ3v) is 2.20. The van der Waals surface area contributed by atoms with E-state index in [1.165, 1.54) is 5.56 Å². The minimum absolute atomic E-state index is 0.621. The van der Waals surface area contributed by atoms with Crippen LogP contribution >= 0.6 is 0 Å². The van der Waals surface area contributed by atoms with Crippen LogP contribution in [0, 0.1) is 5.92 Å². The molecule has 0 aromatic heterocycles. The van der Waals surface area contributed by atoms with Crippen LogP contribution in [0.5, 0.6) is 0 Å². The molecule has 0 spiro atoms. The first-order valence-corrected chi connectivity index (χ1v) is 5.71. The van der Waals surface area contributed by atoms with Crippen molar-refractivity contribution in [3.05, 3.63) is 35.9 Å². The number of nitrogens with one attached hydrogen (secondary N) is 2. The normalized spacial score (nSPS) is 11.6. The lowest BCUT2D eigenvalue weighted by atomic mass is 10.2. The van der Waals surface area contributed by atoms with Crippen molar-refractivity contribution in [3.8, 4) is 0 Å². The van der Waals surface area contributed by atoms with Gasteiger partial charge in [-0.3, -0.25) is 4.99 Å². The summed E-state index contributed by atoms with van der Waals surface area (Å²) in [5.74, 6) is 1.48. The number of hydrogen-bond acceptors (Lipinski definition) is 1. The number of aliphatic imine (C=N–C) groups is 1. The van der Waals surface area contributed by atoms with Gasteiger partial charge in [0.25, 0.3) is 0 Å². The SMILES string of the molecule is CN=C(NCc1ccccc1)NCC(C)C. The van der Waals surface area contributed by atoms with E-state index < -0.39 is 0 Å². The zero-order valence-electron chi connectivity index (χ0n) is 10.3. The highest BCUT2D eigenvalue weighted by atomic mass is 15.2. The quantitative estimate of drug-likeness (QED) is 0.600. The van der Waals surface area contributed by atoms with E-state index in [2.05, 4.69) is 41.6 Å². The van der Waals surface area contributed by atoms with Gasteiger partial charge in [0, 0.05) is 20.1 Å². The predicted molar refractivity (Wildman–Crippen MR) is 69.5 cm³/mol. The fourth-order valence-electron chi connectivity index (χ4n) is 1.30. The van der Waals surface area contributed by atoms with E-state index in [1.54, 1.807) is 7.05 Å². The Labute approximate surface area is 98.0 Å². The summed E-state index contributed by atoms with van der Waals surface area (Å²) in [6.45, 7) is 6.10. The van der Waals surface area contributed by atoms with Gasteiger partial charge in [-0.15, -0.1) is 0 Å². The number of nitrogens with zero attached hydrogens (tertiary/aromatic N) is 1. The molecule has 3 heteroatoms. The summed E-state index contributed by atoms with van der Waals surface area (Å²) < 4.78 is 0. The lowest BCUT2D eigenvalue weighted by molar-refractivity contribution is 0.614. The molecule has 3 nitrogen and oxygen atoms in total. The van der Waals surface area contributed by atoms with Gasteiger partial charge in [0.2, 0.25) is 0 Å². The Hall–Kier alpha value is -1.51. The van der Waals surface area contributed by atoms with Crippen LogP contribution in [-0.2, 0) is 6.54 Å². The first kappa shape index (κ1) is 12.6. The maximum atomic E-state index is 4.17. The van der Waals surface area contributed by atoms with E-state index >= 15 is 0 Å². The van der Waals surface area contributed by atoms with Crippen LogP contribution < -0.4 is 10.6 Å². The van der Waals surface area contributed by atoms with Crippen LogP contribution in [0.3, 0.4) is 0 Å². The fourth-order valence-corrected chi connectivity index (χ4v) is 1.30. The molecule has 0 unspecified atom stereocenters. The second-order valence-corrected chi connectivity index (χ2v) is 4.19. The predicted octanol–water partition coefficient (Wildman–Crippen LogP) is 2.01. The molecule has 16 heavy (non-hydrogen) atoms. The van der Waals surface area contributed by atoms with Crippen molar-refractivity contribution in [2.75, 3.05) is 13.6 Å². The van der Waals surface area contributed by atoms with E-state index in [1.807, 2.05) is 18.2 Å². The summed E-state index contributed by atoms with van der Waals surface area (Å²) in [7, 11) is 1.79. The molecule has 0 atom stereocenters. The fraction of sp³-hybridized carbons (Fsp3) is 0.462. The summed E-state index contributed by atoms with van der Waals surface area (Å²) in [6, 6.07) is 10.3. The van der Waals surface area contributed by atoms with Crippen molar-refractivity contribution in [1.29, 1.82) is 0 Å². The first-order chi connectivity index (χ1) is 7.72. The summed E-state index contributed by atoms with van der Waals surface area (Å²) in [5.41, 5.74) is 1.26. The minimum atomic E-state index is 0.621. The summed E-state index contributed by atoms with van der Waals surface area (Å²) >= 11 is 0. The van der Waals surface area contributed by atoms with Crippen LogP contribution in [0.15, 0.2) is 35.3 Å². The van der Waals surface area contributed by atoms with Crippen LogP contribution in [-0.4, -0.2) is 19.6 Å². The van der Waals surface area contributed by atoms with E-state index in [0.29, 0.717) is 5.92 Å². The van der Waals surface area contributed by atoms with Gasteiger partial charge in [0.15, 0.2) is 5.96 Å². The second kappa shape index (κ2) is 6.88. The Kier molecular flexibility index (Phi) is 5.40. The van der Waals surface area contributed by atoms with Crippen molar-refractivity contribution in [1.82, 2.24) is 10.6 Å². The highest BCUT2D eigenvalue weighted by Gasteiger charge is 1.98. The maximum Gasteiger partial charge on any atom is 0.191 e. The summed E-state index contributed by atoms with van der Waals surface area (Å²) in [5, 5.41) is 6.56. The zero-order valence-corrected chi connectivity index (χ0v) is 10.3. The number of benzene rings is 1. The highest BCUT2D eigenvalue weighted by Crippen LogP contribution is 1.96. The summed E-state index contributed by atoms with van der Waals surface area (Å²) in [4.78, 5) is 4.17. The van der Waals surface area contributed by atoms with E-state index in [4.69, 9.17) is 0 Å². The minimum Gasteiger partial charge on any atom is -0.356 e. The van der Waals surface area contributed by atoms with Crippen molar-refractivity contribution in [2.45, 2.75) is 20.4 Å². The smallest absolute Gasteiger partial charge is 0.191 e. The second-order valence-electron chi connectivity index (χ2n) is 4.19. The lowest BCUT2D eigenvalue weighted by Crippen LogP contribution is -2.38. The molecule has 0 saturated carbocycles. The molecule has 1 aromatic carbocycles. The largest absolute Gasteiger partial charge is 0.356 e. The molecule has 0 radical (unpaired) electrons. The molecule has 0 aliphatic heterocycles. The Morgan fingerprint density at radius 3 is 2.44 bits per heavy atom. The van der Waals surface area contributed by atoms with Gasteiger partial charge < -0.3 is 10.6 Å². The van der Waals surface area contributed by atoms with Gasteiger partial charge in [-0.25, -0.2) is 0 Å². The van der Waals surface area contributed by atoms with E-state index in [-0.39, 0.29) is 0 Å². The first-order valence-electron chi connectivity index (χ1n) is 5.71. The number of guanidine groups is 1. The molecular formula is C13H21N3. The van der Waals surface area contributed by atoms with Gasteiger partial charge in [-0.2, -0.15) is 0 Å². The Morgan fingerprint density at radius 2 is 1.88 bits per heavy atom. The Bertz CT molecular complexity index is 317. The van der Waals surface area contributed by atoms with Gasteiger partial charge in [0.05, 0.1) is 0 Å². The highest BCUT2D eigenvalue weighted by molar-refractivity contribution is 5.79. The number of rotatable bonds is 4. The average Bonchev–Trinajstić information content (AvgIpc) is 2.30. The molecule has 2 N–H and O–H groups in total. The van der Waals surface area contributed by atoms with Gasteiger partial charge in [0.1, 0.15) is 0 Å². The zero-order chi connectivity index (χ0) is 11.8. The van der Waals surface area contributed by atoms with E-state index in [9.17, 15) is 0 Å². The number of hydrogen-bond donors (Lipinski definition) is 2. The molecule has 0 bridgehead atoms. The molecule has 0 aliphatic rings. The van der Waals surface area contributed by atoms with Crippen LogP contribution in [0.2, 0.25) is 0 Å². The molecule has 0 amide bonds. The molecule has 0 heterocycles. The van der Waals surface area contributed by atoms with Crippen molar-refractivity contribution in [3.63, 3.8) is 0 Å². The molecule has 0 saturated heterocycles. The molecule has 1 aromatic rings. The lowest BCUT2D eigenvalue weighted by Gasteiger charge is -2.13. The van der Waals surface area contributed by atoms with E-state index in [0.717, 1.165) is 19.0 Å². The average molecular weight is 219 g/mol. The van der Waals surface area contributed by atoms with Gasteiger partial charge >= 0.3 is 0 Å². The van der Waals surface area contributed by atoms with Crippen molar-refractivity contribution in [2.24, 2.45) is 10.9 Å². The van der Waals surface area contributed by atoms with Crippen LogP contribution in [0.25, 0.3) is 0 Å². The third kappa shape index (κ3) is 4.82. The standard InChI is InChI=1S/C13H21N3/c1-11(2)9-15-13(14-3)16-10-12-7-5-4-6-8-12/h4-8,11H,9-10H2,1-3H3,(H2,14,15,16). The molecule has 1 rings (SSSR count). The monoisotopic (exact) mass is 219 g/mol. The molecule has 88 valence electrons. The molecular weight excluding hydrogens is 198 g/mol. The van der Waals surface area contributed by atoms with Crippen LogP contribution in [0.1, 0.15) is 19.4 Å². The van der Waals surface area contributed by atoms with Crippen molar-refractivity contribution >= 4 is 5.96 Å². The maximum absolute atomic E-state index is 4.17. The summed E-state index contributed by atoms with van der Waals surface area (Å²) in [6.07, 6.45) is 0. The Morgan fingerprint density at radius 1 is 1.19 bits per heavy atom. The third-order valence-electron chi connectivity index (χ3n) is 2.20. The van der Waals surface area contributed by atoms with Crippen LogP contribution in [0.4, 0.5) is 0 Å². The van der Waals surface area contributed by atoms with Gasteiger partial charge in [-0.05, 0) is 11.5 Å². The molecule has 0 fully saturated rings. The topological polar surface area (TPSA) is 36.4 Å². The Balaban J connectivity index is 2.35. The van der Waals surface area contributed by atoms with Crippen molar-refractivity contribution < 1.29 is 0 Å². The van der Waals surface area contributed by atoms with Gasteiger partial charge in [-0.1, -0.05) is 44.2 Å². The molecule has 0 aliphatic carbocycles.